The van der Waals surface area contributed by atoms with Crippen molar-refractivity contribution >= 4 is 35.2 Å². The molecule has 0 radical (unpaired) electrons. The zero-order valence-corrected chi connectivity index (χ0v) is 5.67. The molecule has 0 aliphatic carbocycles. The summed E-state index contributed by atoms with van der Waals surface area (Å²) in [5.41, 5.74) is 0. The van der Waals surface area contributed by atoms with Crippen LogP contribution in [-0.4, -0.2) is 12.5 Å². The highest BCUT2D eigenvalue weighted by Crippen LogP contribution is 2.07. The maximum absolute atomic E-state index is 8.53. The summed E-state index contributed by atoms with van der Waals surface area (Å²) in [4.78, 5) is 0. The van der Waals surface area contributed by atoms with Gasteiger partial charge in [-0.05, 0) is 11.4 Å². The van der Waals surface area contributed by atoms with E-state index in [1.807, 2.05) is 5.38 Å². The first kappa shape index (κ1) is 6.14. The molecule has 0 bridgehead atoms. The third kappa shape index (κ3) is 1.05. The van der Waals surface area contributed by atoms with Gasteiger partial charge in [0.15, 0.2) is 0 Å². The van der Waals surface area contributed by atoms with Crippen molar-refractivity contribution in [2.75, 3.05) is 0 Å². The van der Waals surface area contributed by atoms with Crippen molar-refractivity contribution in [1.29, 1.82) is 0 Å². The Morgan fingerprint density at radius 3 is 2.75 bits per heavy atom. The highest BCUT2D eigenvalue weighted by atomic mass is 35.5. The average Bonchev–Trinajstić information content (AvgIpc) is 2.14. The van der Waals surface area contributed by atoms with Crippen molar-refractivity contribution < 1.29 is 5.02 Å². The second kappa shape index (κ2) is 2.53. The molecule has 0 fully saturated rings. The molecule has 1 aromatic heterocycles. The van der Waals surface area contributed by atoms with E-state index in [0.717, 1.165) is 4.78 Å². The summed E-state index contributed by atoms with van der Waals surface area (Å²) in [7, 11) is 0.0521. The highest BCUT2D eigenvalue weighted by molar-refractivity contribution is 7.20. The predicted molar refractivity (Wildman–Crippen MR) is 38.3 cm³/mol. The molecular weight excluding hydrogens is 142 g/mol. The third-order valence-electron chi connectivity index (χ3n) is 0.835. The van der Waals surface area contributed by atoms with Crippen LogP contribution in [0.4, 0.5) is 0 Å². The van der Waals surface area contributed by atoms with Gasteiger partial charge in [-0.25, -0.2) is 0 Å². The largest absolute Gasteiger partial charge is 0.449 e. The SMILES string of the molecule is OBc1sccc1Cl. The molecule has 0 atom stereocenters. The van der Waals surface area contributed by atoms with E-state index < -0.39 is 0 Å². The average molecular weight is 146 g/mol. The minimum Gasteiger partial charge on any atom is -0.449 e. The van der Waals surface area contributed by atoms with E-state index in [9.17, 15) is 0 Å². The molecule has 0 aromatic carbocycles. The van der Waals surface area contributed by atoms with Crippen LogP contribution in [0.2, 0.25) is 5.02 Å². The molecule has 0 aliphatic heterocycles. The van der Waals surface area contributed by atoms with Crippen molar-refractivity contribution in [1.82, 2.24) is 0 Å². The van der Waals surface area contributed by atoms with E-state index in [4.69, 9.17) is 16.6 Å². The summed E-state index contributed by atoms with van der Waals surface area (Å²) < 4.78 is 0.840. The van der Waals surface area contributed by atoms with Gasteiger partial charge in [-0.3, -0.25) is 0 Å². The van der Waals surface area contributed by atoms with Crippen LogP contribution in [0, 0.1) is 0 Å². The van der Waals surface area contributed by atoms with E-state index in [2.05, 4.69) is 0 Å². The summed E-state index contributed by atoms with van der Waals surface area (Å²) in [6, 6.07) is 1.78. The number of thiophene rings is 1. The minimum atomic E-state index is 0.0521. The van der Waals surface area contributed by atoms with Crippen molar-refractivity contribution in [2.24, 2.45) is 0 Å². The van der Waals surface area contributed by atoms with Gasteiger partial charge in [0.2, 0.25) is 0 Å². The van der Waals surface area contributed by atoms with Crippen LogP contribution in [0.1, 0.15) is 0 Å². The minimum absolute atomic E-state index is 0.0521. The van der Waals surface area contributed by atoms with Gasteiger partial charge in [0.1, 0.15) is 0 Å². The standard InChI is InChI=1S/C4H4BClOS/c6-3-1-2-8-4(3)5-7/h1-2,5,7H. The molecule has 0 spiro atoms. The first-order valence-electron chi connectivity index (χ1n) is 2.17. The predicted octanol–water partition coefficient (Wildman–Crippen LogP) is 0.371. The van der Waals surface area contributed by atoms with Gasteiger partial charge in [0, 0.05) is 9.80 Å². The van der Waals surface area contributed by atoms with E-state index in [-0.39, 0.29) is 7.48 Å². The van der Waals surface area contributed by atoms with Crippen LogP contribution < -0.4 is 4.78 Å². The maximum Gasteiger partial charge on any atom is 0.317 e. The van der Waals surface area contributed by atoms with E-state index >= 15 is 0 Å². The zero-order chi connectivity index (χ0) is 5.98. The second-order valence-corrected chi connectivity index (χ2v) is 2.76. The van der Waals surface area contributed by atoms with Crippen LogP contribution in [-0.2, 0) is 0 Å². The first-order valence-corrected chi connectivity index (χ1v) is 3.43. The molecule has 1 rings (SSSR count). The molecule has 1 heterocycles. The fourth-order valence-corrected chi connectivity index (χ4v) is 1.39. The molecule has 0 saturated heterocycles. The molecule has 0 saturated carbocycles. The first-order chi connectivity index (χ1) is 3.84. The fraction of sp³-hybridized carbons (Fsp3) is 0. The van der Waals surface area contributed by atoms with Crippen molar-refractivity contribution in [3.63, 3.8) is 0 Å². The Morgan fingerprint density at radius 2 is 2.50 bits per heavy atom. The van der Waals surface area contributed by atoms with Crippen LogP contribution in [0.25, 0.3) is 0 Å². The lowest BCUT2D eigenvalue weighted by molar-refractivity contribution is 0.616. The number of hydrogen-bond donors (Lipinski definition) is 1. The topological polar surface area (TPSA) is 20.2 Å². The Bertz CT molecular complexity index is 176. The second-order valence-electron chi connectivity index (χ2n) is 1.35. The molecular formula is C4H4BClOS. The molecule has 1 N–H and O–H groups in total. The third-order valence-corrected chi connectivity index (χ3v) is 2.21. The van der Waals surface area contributed by atoms with Gasteiger partial charge >= 0.3 is 7.48 Å². The van der Waals surface area contributed by atoms with E-state index in [1.54, 1.807) is 6.07 Å². The lowest BCUT2D eigenvalue weighted by atomic mass is 10.0. The Kier molecular flexibility index (Phi) is 1.94. The smallest absolute Gasteiger partial charge is 0.317 e. The monoisotopic (exact) mass is 146 g/mol. The van der Waals surface area contributed by atoms with Gasteiger partial charge in [0.05, 0.1) is 0 Å². The summed E-state index contributed by atoms with van der Waals surface area (Å²) in [5, 5.41) is 11.1. The van der Waals surface area contributed by atoms with Crippen molar-refractivity contribution in [3.8, 4) is 0 Å². The lowest BCUT2D eigenvalue weighted by Crippen LogP contribution is -2.08. The van der Waals surface area contributed by atoms with E-state index in [1.165, 1.54) is 11.3 Å². The summed E-state index contributed by atoms with van der Waals surface area (Å²) in [6.07, 6.45) is 0. The number of halogens is 1. The van der Waals surface area contributed by atoms with Gasteiger partial charge in [-0.1, -0.05) is 11.6 Å². The molecule has 0 aliphatic rings. The molecule has 0 amide bonds. The zero-order valence-electron chi connectivity index (χ0n) is 4.10. The Balaban J connectivity index is 2.92. The summed E-state index contributed by atoms with van der Waals surface area (Å²) in [6.45, 7) is 0. The maximum atomic E-state index is 8.53. The normalized spacial score (nSPS) is 9.25. The van der Waals surface area contributed by atoms with Gasteiger partial charge in [0.25, 0.3) is 0 Å². The Morgan fingerprint density at radius 1 is 1.75 bits per heavy atom. The number of hydrogen-bond acceptors (Lipinski definition) is 2. The van der Waals surface area contributed by atoms with Crippen LogP contribution in [0.5, 0.6) is 0 Å². The Labute approximate surface area is 57.2 Å². The fourth-order valence-electron chi connectivity index (χ4n) is 0.438. The van der Waals surface area contributed by atoms with Gasteiger partial charge in [-0.2, -0.15) is 11.3 Å². The van der Waals surface area contributed by atoms with Crippen LogP contribution in [0.15, 0.2) is 11.4 Å². The lowest BCUT2D eigenvalue weighted by Gasteiger charge is -1.82. The van der Waals surface area contributed by atoms with Crippen LogP contribution in [0.3, 0.4) is 0 Å². The summed E-state index contributed by atoms with van der Waals surface area (Å²) >= 11 is 7.06. The molecule has 1 aromatic rings. The Hall–Kier alpha value is 0.0149. The van der Waals surface area contributed by atoms with Gasteiger partial charge in [-0.15, -0.1) is 0 Å². The van der Waals surface area contributed by atoms with Crippen molar-refractivity contribution in [3.05, 3.63) is 16.5 Å². The highest BCUT2D eigenvalue weighted by Gasteiger charge is 1.98. The molecule has 4 heteroatoms. The molecule has 1 nitrogen and oxygen atoms in total. The van der Waals surface area contributed by atoms with E-state index in [0.29, 0.717) is 5.02 Å². The van der Waals surface area contributed by atoms with Crippen molar-refractivity contribution in [2.45, 2.75) is 0 Å². The number of rotatable bonds is 1. The van der Waals surface area contributed by atoms with Crippen LogP contribution >= 0.6 is 22.9 Å². The van der Waals surface area contributed by atoms with Gasteiger partial charge < -0.3 is 5.02 Å². The molecule has 0 unspecified atom stereocenters. The molecule has 42 valence electrons. The summed E-state index contributed by atoms with van der Waals surface area (Å²) in [5.74, 6) is 0. The molecule has 8 heavy (non-hydrogen) atoms. The quantitative estimate of drug-likeness (QED) is 0.568.